The van der Waals surface area contributed by atoms with E-state index in [4.69, 9.17) is 4.74 Å². The summed E-state index contributed by atoms with van der Waals surface area (Å²) in [5, 5.41) is 2.85. The van der Waals surface area contributed by atoms with Crippen LogP contribution < -0.4 is 14.4 Å². The van der Waals surface area contributed by atoms with Gasteiger partial charge in [0, 0.05) is 18.1 Å². The van der Waals surface area contributed by atoms with E-state index in [-0.39, 0.29) is 18.2 Å². The third kappa shape index (κ3) is 4.99. The second-order valence-corrected chi connectivity index (χ2v) is 9.62. The predicted octanol–water partition coefficient (Wildman–Crippen LogP) is 2.65. The third-order valence-electron chi connectivity index (χ3n) is 4.39. The van der Waals surface area contributed by atoms with Crippen molar-refractivity contribution in [3.8, 4) is 5.75 Å². The molecule has 1 atom stereocenters. The largest absolute Gasteiger partial charge is 0.476 e. The minimum absolute atomic E-state index is 0.0177. The first-order valence-electron chi connectivity index (χ1n) is 9.16. The molecule has 150 valence electrons. The number of hydrogen-bond donors (Lipinski definition) is 1. The van der Waals surface area contributed by atoms with Crippen LogP contribution in [0.15, 0.2) is 54.6 Å². The van der Waals surface area contributed by atoms with E-state index in [1.165, 1.54) is 9.87 Å². The summed E-state index contributed by atoms with van der Waals surface area (Å²) < 4.78 is 32.0. The van der Waals surface area contributed by atoms with Gasteiger partial charge in [0.25, 0.3) is 5.91 Å². The van der Waals surface area contributed by atoms with Gasteiger partial charge in [0.05, 0.1) is 18.0 Å². The summed E-state index contributed by atoms with van der Waals surface area (Å²) in [4.78, 5) is 12.5. The maximum Gasteiger partial charge on any atom is 0.263 e. The van der Waals surface area contributed by atoms with Crippen molar-refractivity contribution >= 4 is 33.4 Å². The van der Waals surface area contributed by atoms with Gasteiger partial charge in [-0.2, -0.15) is 11.8 Å². The fourth-order valence-corrected chi connectivity index (χ4v) is 4.83. The van der Waals surface area contributed by atoms with Gasteiger partial charge in [-0.3, -0.25) is 9.10 Å². The molecule has 1 aliphatic rings. The van der Waals surface area contributed by atoms with E-state index in [9.17, 15) is 13.2 Å². The van der Waals surface area contributed by atoms with Crippen LogP contribution in [-0.2, 0) is 20.6 Å². The Balaban J connectivity index is 1.55. The van der Waals surface area contributed by atoms with Gasteiger partial charge in [0.1, 0.15) is 5.75 Å². The van der Waals surface area contributed by atoms with Crippen molar-refractivity contribution in [2.75, 3.05) is 28.9 Å². The molecule has 2 aromatic carbocycles. The number of sulfonamides is 1. The Labute approximate surface area is 170 Å². The number of carbonyl (C=O) groups excluding carboxylic acids is 1. The summed E-state index contributed by atoms with van der Waals surface area (Å²) in [6, 6.07) is 17.0. The van der Waals surface area contributed by atoms with Crippen molar-refractivity contribution in [2.24, 2.45) is 0 Å². The topological polar surface area (TPSA) is 75.7 Å². The van der Waals surface area contributed by atoms with Crippen LogP contribution in [0, 0.1) is 0 Å². The molecule has 1 unspecified atom stereocenters. The van der Waals surface area contributed by atoms with Gasteiger partial charge in [-0.1, -0.05) is 42.5 Å². The molecule has 0 fully saturated rings. The van der Waals surface area contributed by atoms with Gasteiger partial charge in [-0.15, -0.1) is 0 Å². The smallest absolute Gasteiger partial charge is 0.263 e. The van der Waals surface area contributed by atoms with Crippen LogP contribution in [0.5, 0.6) is 5.75 Å². The molecule has 0 spiro atoms. The zero-order chi connectivity index (χ0) is 20.0. The summed E-state index contributed by atoms with van der Waals surface area (Å²) >= 11 is 1.73. The lowest BCUT2D eigenvalue weighted by Crippen LogP contribution is -2.51. The molecule has 1 aliphatic heterocycles. The number of para-hydroxylation sites is 2. The third-order valence-corrected chi connectivity index (χ3v) is 7.16. The highest BCUT2D eigenvalue weighted by atomic mass is 32.2. The molecule has 0 aliphatic carbocycles. The second kappa shape index (κ2) is 9.34. The highest BCUT2D eigenvalue weighted by molar-refractivity contribution is 7.98. The number of ether oxygens (including phenoxy) is 1. The maximum atomic E-state index is 12.5. The summed E-state index contributed by atoms with van der Waals surface area (Å²) in [6.45, 7) is 2.07. The van der Waals surface area contributed by atoms with Gasteiger partial charge < -0.3 is 10.1 Å². The number of benzene rings is 2. The number of hydrogen-bond acceptors (Lipinski definition) is 5. The van der Waals surface area contributed by atoms with E-state index < -0.39 is 16.1 Å². The van der Waals surface area contributed by atoms with Gasteiger partial charge in [0.2, 0.25) is 10.0 Å². The number of nitrogens with zero attached hydrogens (tertiary/aromatic N) is 1. The molecule has 0 saturated heterocycles. The Morgan fingerprint density at radius 2 is 1.89 bits per heavy atom. The van der Waals surface area contributed by atoms with Crippen LogP contribution in [0.3, 0.4) is 0 Å². The van der Waals surface area contributed by atoms with Crippen molar-refractivity contribution in [1.29, 1.82) is 0 Å². The molecule has 0 aromatic heterocycles. The van der Waals surface area contributed by atoms with E-state index >= 15 is 0 Å². The Morgan fingerprint density at radius 1 is 1.18 bits per heavy atom. The number of carbonyl (C=O) groups is 1. The molecule has 0 bridgehead atoms. The summed E-state index contributed by atoms with van der Waals surface area (Å²) in [7, 11) is -3.49. The lowest BCUT2D eigenvalue weighted by atomic mass is 10.2. The summed E-state index contributed by atoms with van der Waals surface area (Å²) in [5.74, 6) is 1.72. The first-order chi connectivity index (χ1) is 13.5. The van der Waals surface area contributed by atoms with E-state index in [1.807, 2.05) is 18.2 Å². The van der Waals surface area contributed by atoms with Crippen LogP contribution >= 0.6 is 11.8 Å². The van der Waals surface area contributed by atoms with Crippen molar-refractivity contribution < 1.29 is 17.9 Å². The molecule has 1 N–H and O–H groups in total. The number of nitrogens with one attached hydrogen (secondary N) is 1. The van der Waals surface area contributed by atoms with Gasteiger partial charge >= 0.3 is 0 Å². The van der Waals surface area contributed by atoms with E-state index in [0.717, 1.165) is 11.5 Å². The van der Waals surface area contributed by atoms with Crippen molar-refractivity contribution in [1.82, 2.24) is 5.32 Å². The second-order valence-electron chi connectivity index (χ2n) is 6.34. The van der Waals surface area contributed by atoms with E-state index in [1.54, 1.807) is 43.0 Å². The maximum absolute atomic E-state index is 12.5. The zero-order valence-electron chi connectivity index (χ0n) is 15.7. The molecule has 0 saturated carbocycles. The Morgan fingerprint density at radius 3 is 2.64 bits per heavy atom. The van der Waals surface area contributed by atoms with E-state index in [2.05, 4.69) is 17.4 Å². The average molecular weight is 421 g/mol. The molecule has 3 rings (SSSR count). The van der Waals surface area contributed by atoms with Gasteiger partial charge in [-0.25, -0.2) is 8.42 Å². The molecule has 28 heavy (non-hydrogen) atoms. The Bertz CT molecular complexity index is 903. The van der Waals surface area contributed by atoms with Crippen LogP contribution in [0.25, 0.3) is 0 Å². The number of thioether (sulfide) groups is 1. The quantitative estimate of drug-likeness (QED) is 0.665. The molecule has 2 aromatic rings. The lowest BCUT2D eigenvalue weighted by Gasteiger charge is -2.34. The van der Waals surface area contributed by atoms with Gasteiger partial charge in [-0.05, 0) is 24.6 Å². The Hall–Kier alpha value is -2.19. The number of amides is 1. The zero-order valence-corrected chi connectivity index (χ0v) is 17.3. The van der Waals surface area contributed by atoms with Crippen molar-refractivity contribution in [3.63, 3.8) is 0 Å². The minimum Gasteiger partial charge on any atom is -0.476 e. The standard InChI is InChI=1S/C20H24N2O4S2/c1-2-28(24,25)22-14-19(26-18-11-7-6-10-17(18)22)20(23)21-12-13-27-15-16-8-4-3-5-9-16/h3-11,19H,2,12-15H2,1H3,(H,21,23). The molecular formula is C20H24N2O4S2. The summed E-state index contributed by atoms with van der Waals surface area (Å²) in [6.07, 6.45) is -0.865. The number of fused-ring (bicyclic) bond motifs is 1. The SMILES string of the molecule is CCS(=O)(=O)N1CC(C(=O)NCCSCc2ccccc2)Oc2ccccc21. The highest BCUT2D eigenvalue weighted by Gasteiger charge is 2.35. The van der Waals surface area contributed by atoms with Crippen LogP contribution in [0.4, 0.5) is 5.69 Å². The normalized spacial score (nSPS) is 16.2. The van der Waals surface area contributed by atoms with Crippen molar-refractivity contribution in [3.05, 3.63) is 60.2 Å². The molecule has 8 heteroatoms. The molecule has 1 amide bonds. The highest BCUT2D eigenvalue weighted by Crippen LogP contribution is 2.35. The van der Waals surface area contributed by atoms with Crippen LogP contribution in [0.2, 0.25) is 0 Å². The number of rotatable bonds is 8. The molecule has 6 nitrogen and oxygen atoms in total. The molecule has 1 heterocycles. The average Bonchev–Trinajstić information content (AvgIpc) is 2.73. The van der Waals surface area contributed by atoms with Crippen LogP contribution in [0.1, 0.15) is 12.5 Å². The fraction of sp³-hybridized carbons (Fsp3) is 0.350. The Kier molecular flexibility index (Phi) is 6.85. The van der Waals surface area contributed by atoms with Crippen molar-refractivity contribution in [2.45, 2.75) is 18.8 Å². The number of anilines is 1. The van der Waals surface area contributed by atoms with Crippen LogP contribution in [-0.4, -0.2) is 45.0 Å². The molecule has 0 radical (unpaired) electrons. The molecular weight excluding hydrogens is 396 g/mol. The van der Waals surface area contributed by atoms with E-state index in [0.29, 0.717) is 18.0 Å². The fourth-order valence-electron chi connectivity index (χ4n) is 2.88. The summed E-state index contributed by atoms with van der Waals surface area (Å²) in [5.41, 5.74) is 1.72. The monoisotopic (exact) mass is 420 g/mol. The predicted molar refractivity (Wildman–Crippen MR) is 113 cm³/mol. The first kappa shape index (κ1) is 20.5. The van der Waals surface area contributed by atoms with Gasteiger partial charge in [0.15, 0.2) is 6.10 Å². The minimum atomic E-state index is -3.49. The lowest BCUT2D eigenvalue weighted by molar-refractivity contribution is -0.127. The first-order valence-corrected chi connectivity index (χ1v) is 11.9.